The normalized spacial score (nSPS) is 18.2. The van der Waals surface area contributed by atoms with Crippen molar-refractivity contribution in [2.75, 3.05) is 0 Å². The molecule has 6 nitrogen and oxygen atoms in total. The van der Waals surface area contributed by atoms with Gasteiger partial charge in [0.2, 0.25) is 0 Å². The minimum atomic E-state index is -4.67. The Hall–Kier alpha value is -3.31. The van der Waals surface area contributed by atoms with E-state index in [9.17, 15) is 31.1 Å². The fraction of sp³-hybridized carbons (Fsp3) is 0.278. The molecule has 0 aromatic heterocycles. The Kier molecular flexibility index (Phi) is 4.22. The first-order valence-electron chi connectivity index (χ1n) is 8.37. The maximum Gasteiger partial charge on any atom is 0.442 e. The van der Waals surface area contributed by atoms with Crippen LogP contribution in [0.1, 0.15) is 27.0 Å². The maximum atomic E-state index is 13.0. The van der Waals surface area contributed by atoms with Crippen molar-refractivity contribution in [1.29, 1.82) is 0 Å². The zero-order valence-corrected chi connectivity index (χ0v) is 14.7. The Bertz CT molecular complexity index is 1030. The summed E-state index contributed by atoms with van der Waals surface area (Å²) in [4.78, 5) is 12.1. The van der Waals surface area contributed by atoms with Gasteiger partial charge in [-0.3, -0.25) is 0 Å². The average molecular weight is 428 g/mol. The standard InChI is InChI=1S/C18H10F6N4O2/c19-17(20,21)15(25-26-15)12-5-1-10(2-6-12)9-30-14(29)11-3-7-13(8-4-11)16(27-28-16)18(22,23)24/h1-8H,9H2. The summed E-state index contributed by atoms with van der Waals surface area (Å²) in [5, 5.41) is 12.3. The SMILES string of the molecule is O=C(OCc1ccc(C2(C(F)(F)F)N=N2)cc1)c1ccc(C2(C(F)(F)F)N=N2)cc1. The second kappa shape index (κ2) is 6.34. The summed E-state index contributed by atoms with van der Waals surface area (Å²) in [6.45, 7) is -0.245. The number of esters is 1. The lowest BCUT2D eigenvalue weighted by Gasteiger charge is -2.15. The van der Waals surface area contributed by atoms with E-state index in [1.165, 1.54) is 24.3 Å². The van der Waals surface area contributed by atoms with Gasteiger partial charge in [0.25, 0.3) is 0 Å². The second-order valence-corrected chi connectivity index (χ2v) is 6.59. The van der Waals surface area contributed by atoms with Crippen molar-refractivity contribution >= 4 is 5.97 Å². The van der Waals surface area contributed by atoms with Gasteiger partial charge in [0, 0.05) is 11.1 Å². The molecule has 2 aromatic rings. The largest absolute Gasteiger partial charge is 0.457 e. The number of hydrogen-bond donors (Lipinski definition) is 0. The van der Waals surface area contributed by atoms with Crippen LogP contribution >= 0.6 is 0 Å². The third kappa shape index (κ3) is 3.21. The van der Waals surface area contributed by atoms with E-state index in [4.69, 9.17) is 4.74 Å². The smallest absolute Gasteiger partial charge is 0.442 e. The highest BCUT2D eigenvalue weighted by atomic mass is 19.4. The Morgan fingerprint density at radius 2 is 1.13 bits per heavy atom. The van der Waals surface area contributed by atoms with Crippen molar-refractivity contribution in [3.63, 3.8) is 0 Å². The number of rotatable bonds is 5. The molecule has 4 rings (SSSR count). The number of hydrogen-bond acceptors (Lipinski definition) is 6. The monoisotopic (exact) mass is 428 g/mol. The van der Waals surface area contributed by atoms with E-state index in [2.05, 4.69) is 20.5 Å². The van der Waals surface area contributed by atoms with Gasteiger partial charge in [0.05, 0.1) is 5.56 Å². The molecule has 0 bridgehead atoms. The van der Waals surface area contributed by atoms with E-state index in [1.807, 2.05) is 0 Å². The summed E-state index contributed by atoms with van der Waals surface area (Å²) in [6.07, 6.45) is -9.31. The molecular formula is C18H10F6N4O2. The average Bonchev–Trinajstić information content (AvgIpc) is 3.58. The van der Waals surface area contributed by atoms with Crippen LogP contribution in [0.5, 0.6) is 0 Å². The highest BCUT2D eigenvalue weighted by Gasteiger charge is 2.65. The third-order valence-corrected chi connectivity index (χ3v) is 4.64. The van der Waals surface area contributed by atoms with E-state index in [-0.39, 0.29) is 23.3 Å². The molecule has 0 amide bonds. The number of benzene rings is 2. The van der Waals surface area contributed by atoms with Crippen molar-refractivity contribution in [2.24, 2.45) is 20.5 Å². The minimum absolute atomic E-state index is 0.0000469. The van der Waals surface area contributed by atoms with Gasteiger partial charge in [0.1, 0.15) is 6.61 Å². The lowest BCUT2D eigenvalue weighted by Crippen LogP contribution is -2.30. The quantitative estimate of drug-likeness (QED) is 0.472. The van der Waals surface area contributed by atoms with Crippen LogP contribution in [-0.2, 0) is 22.7 Å². The highest BCUT2D eigenvalue weighted by Crippen LogP contribution is 2.53. The Morgan fingerprint density at radius 1 is 0.733 bits per heavy atom. The molecule has 0 spiro atoms. The molecule has 2 aliphatic rings. The molecule has 0 atom stereocenters. The highest BCUT2D eigenvalue weighted by molar-refractivity contribution is 5.89. The number of nitrogens with zero attached hydrogens (tertiary/aromatic N) is 4. The predicted molar refractivity (Wildman–Crippen MR) is 87.2 cm³/mol. The van der Waals surface area contributed by atoms with Gasteiger partial charge < -0.3 is 4.74 Å². The Labute approximate surface area is 164 Å². The molecule has 12 heteroatoms. The van der Waals surface area contributed by atoms with Crippen molar-refractivity contribution in [2.45, 2.75) is 30.3 Å². The van der Waals surface area contributed by atoms with Crippen LogP contribution in [0.25, 0.3) is 0 Å². The Balaban J connectivity index is 1.37. The first kappa shape index (κ1) is 20.0. The number of halogens is 6. The summed E-state index contributed by atoms with van der Waals surface area (Å²) < 4.78 is 82.8. The molecule has 2 aliphatic heterocycles. The van der Waals surface area contributed by atoms with Crippen LogP contribution in [0.15, 0.2) is 69.0 Å². The zero-order valence-electron chi connectivity index (χ0n) is 14.7. The molecule has 0 aliphatic carbocycles. The molecule has 156 valence electrons. The molecule has 0 unspecified atom stereocenters. The van der Waals surface area contributed by atoms with Crippen LogP contribution < -0.4 is 0 Å². The van der Waals surface area contributed by atoms with E-state index in [1.54, 1.807) is 0 Å². The molecule has 30 heavy (non-hydrogen) atoms. The first-order valence-corrected chi connectivity index (χ1v) is 8.37. The number of alkyl halides is 6. The van der Waals surface area contributed by atoms with Gasteiger partial charge >= 0.3 is 29.6 Å². The van der Waals surface area contributed by atoms with Crippen molar-refractivity contribution < 1.29 is 35.9 Å². The molecule has 0 saturated heterocycles. The molecule has 0 fully saturated rings. The minimum Gasteiger partial charge on any atom is -0.457 e. The summed E-state index contributed by atoms with van der Waals surface area (Å²) in [5.74, 6) is -0.810. The number of carbonyl (C=O) groups excluding carboxylic acids is 1. The fourth-order valence-corrected chi connectivity index (χ4v) is 2.79. The van der Waals surface area contributed by atoms with Gasteiger partial charge in [-0.2, -0.15) is 26.3 Å². The van der Waals surface area contributed by atoms with Crippen molar-refractivity contribution in [3.05, 3.63) is 70.8 Å². The summed E-state index contributed by atoms with van der Waals surface area (Å²) >= 11 is 0. The van der Waals surface area contributed by atoms with Crippen LogP contribution in [-0.4, -0.2) is 18.3 Å². The van der Waals surface area contributed by atoms with E-state index in [0.29, 0.717) is 5.56 Å². The fourth-order valence-electron chi connectivity index (χ4n) is 2.79. The van der Waals surface area contributed by atoms with E-state index >= 15 is 0 Å². The lowest BCUT2D eigenvalue weighted by atomic mass is 10.0. The zero-order chi connectivity index (χ0) is 21.8. The summed E-state index contributed by atoms with van der Waals surface area (Å²) in [5.41, 5.74) is -5.08. The second-order valence-electron chi connectivity index (χ2n) is 6.59. The third-order valence-electron chi connectivity index (χ3n) is 4.64. The van der Waals surface area contributed by atoms with Crippen LogP contribution in [0.2, 0.25) is 0 Å². The molecule has 0 saturated carbocycles. The van der Waals surface area contributed by atoms with Crippen LogP contribution in [0, 0.1) is 0 Å². The Morgan fingerprint density at radius 3 is 1.50 bits per heavy atom. The van der Waals surface area contributed by atoms with Gasteiger partial charge in [-0.25, -0.2) is 4.79 Å². The van der Waals surface area contributed by atoms with Crippen LogP contribution in [0.3, 0.4) is 0 Å². The van der Waals surface area contributed by atoms with Crippen molar-refractivity contribution in [3.8, 4) is 0 Å². The summed E-state index contributed by atoms with van der Waals surface area (Å²) in [7, 11) is 0. The molecule has 2 heterocycles. The van der Waals surface area contributed by atoms with Gasteiger partial charge in [-0.1, -0.05) is 36.4 Å². The van der Waals surface area contributed by atoms with E-state index < -0.39 is 29.6 Å². The molecule has 0 N–H and O–H groups in total. The van der Waals surface area contributed by atoms with Gasteiger partial charge in [0.15, 0.2) is 0 Å². The number of carbonyl (C=O) groups is 1. The first-order chi connectivity index (χ1) is 14.0. The number of ether oxygens (including phenoxy) is 1. The van der Waals surface area contributed by atoms with Crippen molar-refractivity contribution in [1.82, 2.24) is 0 Å². The summed E-state index contributed by atoms with van der Waals surface area (Å²) in [6, 6.07) is 9.52. The molecular weight excluding hydrogens is 418 g/mol. The predicted octanol–water partition coefficient (Wildman–Crippen LogP) is 5.41. The van der Waals surface area contributed by atoms with E-state index in [0.717, 1.165) is 24.3 Å². The maximum absolute atomic E-state index is 13.0. The lowest BCUT2D eigenvalue weighted by molar-refractivity contribution is -0.166. The van der Waals surface area contributed by atoms with Crippen LogP contribution in [0.4, 0.5) is 26.3 Å². The van der Waals surface area contributed by atoms with Gasteiger partial charge in [-0.05, 0) is 17.7 Å². The molecule has 0 radical (unpaired) electrons. The van der Waals surface area contributed by atoms with Gasteiger partial charge in [-0.15, -0.1) is 20.5 Å². The topological polar surface area (TPSA) is 75.7 Å². The molecule has 2 aromatic carbocycles.